The van der Waals surface area contributed by atoms with Gasteiger partial charge in [0.25, 0.3) is 0 Å². The number of hydrogen-bond acceptors (Lipinski definition) is 3. The molecule has 0 bridgehead atoms. The number of nitrogens with two attached hydrogens (primary N) is 1. The summed E-state index contributed by atoms with van der Waals surface area (Å²) in [6, 6.07) is 0.714. The highest BCUT2D eigenvalue weighted by Gasteiger charge is 2.39. The van der Waals surface area contributed by atoms with E-state index in [-0.39, 0.29) is 0 Å². The second-order valence-electron chi connectivity index (χ2n) is 4.79. The lowest BCUT2D eigenvalue weighted by molar-refractivity contribution is 0.233. The van der Waals surface area contributed by atoms with Crippen LogP contribution < -0.4 is 5.73 Å². The van der Waals surface area contributed by atoms with E-state index in [4.69, 9.17) is 10.2 Å². The summed E-state index contributed by atoms with van der Waals surface area (Å²) in [6.07, 6.45) is 2.25. The number of nitrogens with zero attached hydrogens (tertiary/aromatic N) is 1. The van der Waals surface area contributed by atoms with E-state index >= 15 is 0 Å². The maximum atomic E-state index is 6.20. The summed E-state index contributed by atoms with van der Waals surface area (Å²) in [6.45, 7) is 6.43. The summed E-state index contributed by atoms with van der Waals surface area (Å²) in [7, 11) is 0. The molecule has 0 saturated carbocycles. The van der Waals surface area contributed by atoms with Crippen LogP contribution in [0.2, 0.25) is 0 Å². The highest BCUT2D eigenvalue weighted by atomic mass is 16.3. The van der Waals surface area contributed by atoms with E-state index in [1.807, 2.05) is 0 Å². The van der Waals surface area contributed by atoms with Gasteiger partial charge in [0.2, 0.25) is 0 Å². The van der Waals surface area contributed by atoms with Crippen molar-refractivity contribution in [1.29, 1.82) is 0 Å². The third-order valence-corrected chi connectivity index (χ3v) is 3.93. The van der Waals surface area contributed by atoms with Crippen LogP contribution in [0.4, 0.5) is 0 Å². The van der Waals surface area contributed by atoms with Crippen molar-refractivity contribution in [3.8, 4) is 0 Å². The topological polar surface area (TPSA) is 42.4 Å². The molecule has 1 saturated heterocycles. The summed E-state index contributed by atoms with van der Waals surface area (Å²) >= 11 is 0. The lowest BCUT2D eigenvalue weighted by atomic mass is 9.91. The minimum Gasteiger partial charge on any atom is -0.466 e. The third kappa shape index (κ3) is 1.20. The van der Waals surface area contributed by atoms with Gasteiger partial charge in [0, 0.05) is 24.7 Å². The van der Waals surface area contributed by atoms with Gasteiger partial charge in [-0.3, -0.25) is 4.90 Å². The largest absolute Gasteiger partial charge is 0.466 e. The van der Waals surface area contributed by atoms with Gasteiger partial charge >= 0.3 is 0 Å². The molecule has 2 atom stereocenters. The molecule has 3 nitrogen and oxygen atoms in total. The third-order valence-electron chi connectivity index (χ3n) is 3.93. The van der Waals surface area contributed by atoms with Crippen molar-refractivity contribution in [3.63, 3.8) is 0 Å². The molecule has 82 valence electrons. The van der Waals surface area contributed by atoms with Gasteiger partial charge in [0.1, 0.15) is 11.5 Å². The van der Waals surface area contributed by atoms with E-state index < -0.39 is 0 Å². The molecule has 1 aromatic rings. The van der Waals surface area contributed by atoms with Crippen molar-refractivity contribution in [1.82, 2.24) is 4.90 Å². The Morgan fingerprint density at radius 2 is 2.07 bits per heavy atom. The molecule has 3 rings (SSSR count). The summed E-state index contributed by atoms with van der Waals surface area (Å²) in [5.41, 5.74) is 9.01. The predicted molar refractivity (Wildman–Crippen MR) is 58.8 cm³/mol. The van der Waals surface area contributed by atoms with Gasteiger partial charge < -0.3 is 10.2 Å². The van der Waals surface area contributed by atoms with E-state index in [1.165, 1.54) is 11.1 Å². The Morgan fingerprint density at radius 3 is 2.87 bits per heavy atom. The van der Waals surface area contributed by atoms with Crippen molar-refractivity contribution in [2.45, 2.75) is 38.8 Å². The summed E-state index contributed by atoms with van der Waals surface area (Å²) in [5, 5.41) is 0. The van der Waals surface area contributed by atoms with E-state index in [0.717, 1.165) is 37.5 Å². The molecule has 0 spiro atoms. The maximum Gasteiger partial charge on any atom is 0.106 e. The molecule has 15 heavy (non-hydrogen) atoms. The fraction of sp³-hybridized carbons (Fsp3) is 0.667. The molecule has 1 aromatic heterocycles. The minimum absolute atomic E-state index is 0.291. The van der Waals surface area contributed by atoms with E-state index in [1.54, 1.807) is 0 Å². The van der Waals surface area contributed by atoms with Crippen LogP contribution in [0.15, 0.2) is 4.42 Å². The number of fused-ring (bicyclic) bond motifs is 3. The van der Waals surface area contributed by atoms with Crippen LogP contribution in [0.3, 0.4) is 0 Å². The second-order valence-corrected chi connectivity index (χ2v) is 4.79. The van der Waals surface area contributed by atoms with Gasteiger partial charge in [0.05, 0.1) is 6.04 Å². The van der Waals surface area contributed by atoms with Crippen LogP contribution in [0.1, 0.15) is 35.1 Å². The summed E-state index contributed by atoms with van der Waals surface area (Å²) < 4.78 is 5.74. The van der Waals surface area contributed by atoms with E-state index in [9.17, 15) is 0 Å². The molecule has 0 radical (unpaired) electrons. The zero-order chi connectivity index (χ0) is 10.6. The first-order valence-corrected chi connectivity index (χ1v) is 5.77. The molecule has 2 N–H and O–H groups in total. The first-order valence-electron chi connectivity index (χ1n) is 5.77. The average molecular weight is 206 g/mol. The quantitative estimate of drug-likeness (QED) is 0.700. The SMILES string of the molecule is Cc1oc(C)c2c1CCN1CCC(N)C21. The van der Waals surface area contributed by atoms with E-state index in [0.29, 0.717) is 12.1 Å². The Balaban J connectivity index is 2.13. The zero-order valence-electron chi connectivity index (χ0n) is 9.42. The highest BCUT2D eigenvalue weighted by Crippen LogP contribution is 2.40. The Labute approximate surface area is 90.2 Å². The van der Waals surface area contributed by atoms with Crippen LogP contribution in [-0.2, 0) is 6.42 Å². The normalized spacial score (nSPS) is 30.3. The van der Waals surface area contributed by atoms with Crippen molar-refractivity contribution < 1.29 is 4.42 Å². The van der Waals surface area contributed by atoms with Crippen LogP contribution >= 0.6 is 0 Å². The predicted octanol–water partition coefficient (Wildman–Crippen LogP) is 1.53. The number of hydrogen-bond donors (Lipinski definition) is 1. The second kappa shape index (κ2) is 3.09. The van der Waals surface area contributed by atoms with Gasteiger partial charge in [-0.2, -0.15) is 0 Å². The average Bonchev–Trinajstić information content (AvgIpc) is 2.70. The fourth-order valence-corrected chi connectivity index (χ4v) is 3.23. The van der Waals surface area contributed by atoms with Crippen LogP contribution in [-0.4, -0.2) is 24.0 Å². The molecule has 0 amide bonds. The lowest BCUT2D eigenvalue weighted by Crippen LogP contribution is -2.37. The molecular formula is C12H18N2O. The molecule has 0 aromatic carbocycles. The molecule has 3 heteroatoms. The first-order chi connectivity index (χ1) is 7.18. The molecule has 2 aliphatic heterocycles. The number of furan rings is 1. The van der Waals surface area contributed by atoms with Gasteiger partial charge in [-0.05, 0) is 32.3 Å². The van der Waals surface area contributed by atoms with Crippen molar-refractivity contribution in [3.05, 3.63) is 22.6 Å². The van der Waals surface area contributed by atoms with Gasteiger partial charge in [-0.1, -0.05) is 0 Å². The molecular weight excluding hydrogens is 188 g/mol. The van der Waals surface area contributed by atoms with Crippen LogP contribution in [0.5, 0.6) is 0 Å². The Morgan fingerprint density at radius 1 is 1.27 bits per heavy atom. The highest BCUT2D eigenvalue weighted by molar-refractivity contribution is 5.39. The van der Waals surface area contributed by atoms with Crippen LogP contribution in [0, 0.1) is 13.8 Å². The Kier molecular flexibility index (Phi) is 1.94. The van der Waals surface area contributed by atoms with Gasteiger partial charge in [0.15, 0.2) is 0 Å². The lowest BCUT2D eigenvalue weighted by Gasteiger charge is -2.31. The Hall–Kier alpha value is -0.800. The maximum absolute atomic E-state index is 6.20. The Bertz CT molecular complexity index is 397. The first kappa shape index (κ1) is 9.43. The van der Waals surface area contributed by atoms with Gasteiger partial charge in [-0.15, -0.1) is 0 Å². The minimum atomic E-state index is 0.291. The number of aryl methyl sites for hydroxylation is 2. The monoisotopic (exact) mass is 206 g/mol. The van der Waals surface area contributed by atoms with Crippen molar-refractivity contribution in [2.24, 2.45) is 5.73 Å². The molecule has 1 fully saturated rings. The van der Waals surface area contributed by atoms with Crippen LogP contribution in [0.25, 0.3) is 0 Å². The molecule has 3 heterocycles. The molecule has 2 unspecified atom stereocenters. The smallest absolute Gasteiger partial charge is 0.106 e. The van der Waals surface area contributed by atoms with Crippen molar-refractivity contribution in [2.75, 3.05) is 13.1 Å². The number of rotatable bonds is 0. The fourth-order valence-electron chi connectivity index (χ4n) is 3.23. The zero-order valence-corrected chi connectivity index (χ0v) is 9.42. The summed E-state index contributed by atoms with van der Waals surface area (Å²) in [5.74, 6) is 2.18. The molecule has 0 aliphatic carbocycles. The van der Waals surface area contributed by atoms with E-state index in [2.05, 4.69) is 18.7 Å². The van der Waals surface area contributed by atoms with Gasteiger partial charge in [-0.25, -0.2) is 0 Å². The van der Waals surface area contributed by atoms with Crippen molar-refractivity contribution >= 4 is 0 Å². The standard InChI is InChI=1S/C12H18N2O/c1-7-9-3-5-14-6-4-10(13)12(14)11(9)8(2)15-7/h10,12H,3-6,13H2,1-2H3. The summed E-state index contributed by atoms with van der Waals surface area (Å²) in [4.78, 5) is 2.51. The molecule has 2 aliphatic rings.